The van der Waals surface area contributed by atoms with Gasteiger partial charge >= 0.3 is 0 Å². The summed E-state index contributed by atoms with van der Waals surface area (Å²) in [6.07, 6.45) is 4.08. The van der Waals surface area contributed by atoms with Crippen molar-refractivity contribution in [2.45, 2.75) is 30.3 Å². The molecule has 0 saturated carbocycles. The zero-order valence-electron chi connectivity index (χ0n) is 18.6. The molecule has 0 bridgehead atoms. The number of nitrogens with zero attached hydrogens (tertiary/aromatic N) is 5. The van der Waals surface area contributed by atoms with Gasteiger partial charge in [0.15, 0.2) is 16.7 Å². The SMILES string of the molecule is COc1ccc(-c2nc(CSc3nnc(N4CCCC4)n3Cc3ccco3)cs2)cc1OC. The van der Waals surface area contributed by atoms with E-state index in [-0.39, 0.29) is 0 Å². The Hall–Kier alpha value is -2.98. The van der Waals surface area contributed by atoms with E-state index in [1.54, 1.807) is 43.6 Å². The number of thioether (sulfide) groups is 1. The van der Waals surface area contributed by atoms with Crippen LogP contribution in [-0.4, -0.2) is 47.1 Å². The molecule has 10 heteroatoms. The van der Waals surface area contributed by atoms with Crippen molar-refractivity contribution in [1.29, 1.82) is 0 Å². The Morgan fingerprint density at radius 2 is 1.94 bits per heavy atom. The molecule has 1 fully saturated rings. The normalized spacial score (nSPS) is 13.6. The van der Waals surface area contributed by atoms with E-state index in [1.165, 1.54) is 12.8 Å². The first kappa shape index (κ1) is 21.8. The van der Waals surface area contributed by atoms with Crippen LogP contribution in [-0.2, 0) is 12.3 Å². The lowest BCUT2D eigenvalue weighted by Crippen LogP contribution is -2.22. The van der Waals surface area contributed by atoms with E-state index in [0.29, 0.717) is 23.8 Å². The monoisotopic (exact) mass is 483 g/mol. The molecule has 8 nitrogen and oxygen atoms in total. The number of methoxy groups -OCH3 is 2. The summed E-state index contributed by atoms with van der Waals surface area (Å²) >= 11 is 3.26. The van der Waals surface area contributed by atoms with Crippen LogP contribution >= 0.6 is 23.1 Å². The zero-order chi connectivity index (χ0) is 22.6. The van der Waals surface area contributed by atoms with Gasteiger partial charge in [-0.1, -0.05) is 11.8 Å². The average Bonchev–Trinajstić information content (AvgIpc) is 3.65. The fourth-order valence-electron chi connectivity index (χ4n) is 3.85. The van der Waals surface area contributed by atoms with Gasteiger partial charge in [-0.25, -0.2) is 4.98 Å². The quantitative estimate of drug-likeness (QED) is 0.309. The van der Waals surface area contributed by atoms with Crippen molar-refractivity contribution in [1.82, 2.24) is 19.7 Å². The van der Waals surface area contributed by atoms with Gasteiger partial charge in [-0.2, -0.15) is 0 Å². The van der Waals surface area contributed by atoms with Crippen LogP contribution in [0.15, 0.2) is 51.5 Å². The Balaban J connectivity index is 1.33. The molecule has 4 heterocycles. The lowest BCUT2D eigenvalue weighted by molar-refractivity contribution is 0.355. The van der Waals surface area contributed by atoms with Gasteiger partial charge in [-0.3, -0.25) is 4.57 Å². The molecule has 0 radical (unpaired) electrons. The van der Waals surface area contributed by atoms with Crippen molar-refractivity contribution in [2.75, 3.05) is 32.2 Å². The number of ether oxygens (including phenoxy) is 2. The molecular weight excluding hydrogens is 458 g/mol. The Kier molecular flexibility index (Phi) is 6.54. The van der Waals surface area contributed by atoms with Crippen LogP contribution in [0.1, 0.15) is 24.3 Å². The van der Waals surface area contributed by atoms with Crippen molar-refractivity contribution in [3.63, 3.8) is 0 Å². The summed E-state index contributed by atoms with van der Waals surface area (Å²) in [7, 11) is 3.27. The first-order valence-corrected chi connectivity index (χ1v) is 12.6. The maximum absolute atomic E-state index is 5.60. The highest BCUT2D eigenvalue weighted by molar-refractivity contribution is 7.98. The third-order valence-electron chi connectivity index (χ3n) is 5.51. The number of aromatic nitrogens is 4. The van der Waals surface area contributed by atoms with Crippen molar-refractivity contribution >= 4 is 29.0 Å². The molecule has 0 spiro atoms. The third-order valence-corrected chi connectivity index (χ3v) is 7.45. The molecule has 1 aromatic carbocycles. The van der Waals surface area contributed by atoms with E-state index in [4.69, 9.17) is 18.9 Å². The van der Waals surface area contributed by atoms with E-state index in [1.807, 2.05) is 30.3 Å². The van der Waals surface area contributed by atoms with E-state index in [9.17, 15) is 0 Å². The van der Waals surface area contributed by atoms with Crippen molar-refractivity contribution in [3.05, 3.63) is 53.4 Å². The highest BCUT2D eigenvalue weighted by atomic mass is 32.2. The maximum Gasteiger partial charge on any atom is 0.228 e. The topological polar surface area (TPSA) is 78.4 Å². The number of thiazole rings is 1. The molecule has 4 aromatic rings. The van der Waals surface area contributed by atoms with Crippen LogP contribution in [0.4, 0.5) is 5.95 Å². The first-order valence-electron chi connectivity index (χ1n) is 10.8. The molecule has 0 atom stereocenters. The van der Waals surface area contributed by atoms with Crippen molar-refractivity contribution in [2.24, 2.45) is 0 Å². The van der Waals surface area contributed by atoms with Crippen LogP contribution in [0, 0.1) is 0 Å². The zero-order valence-corrected chi connectivity index (χ0v) is 20.2. The Labute approximate surface area is 200 Å². The summed E-state index contributed by atoms with van der Waals surface area (Å²) in [6.45, 7) is 2.64. The second-order valence-electron chi connectivity index (χ2n) is 7.64. The number of anilines is 1. The fourth-order valence-corrected chi connectivity index (χ4v) is 5.60. The second-order valence-corrected chi connectivity index (χ2v) is 9.45. The van der Waals surface area contributed by atoms with E-state index >= 15 is 0 Å². The molecular formula is C23H25N5O3S2. The van der Waals surface area contributed by atoms with Crippen LogP contribution in [0.2, 0.25) is 0 Å². The molecule has 1 aliphatic heterocycles. The minimum Gasteiger partial charge on any atom is -0.493 e. The molecule has 172 valence electrons. The number of hydrogen-bond donors (Lipinski definition) is 0. The largest absolute Gasteiger partial charge is 0.493 e. The van der Waals surface area contributed by atoms with Crippen LogP contribution in [0.25, 0.3) is 10.6 Å². The van der Waals surface area contributed by atoms with E-state index < -0.39 is 0 Å². The molecule has 3 aromatic heterocycles. The predicted molar refractivity (Wildman–Crippen MR) is 129 cm³/mol. The number of rotatable bonds is 9. The summed E-state index contributed by atoms with van der Waals surface area (Å²) in [5, 5.41) is 12.9. The molecule has 1 saturated heterocycles. The highest BCUT2D eigenvalue weighted by Gasteiger charge is 2.22. The summed E-state index contributed by atoms with van der Waals surface area (Å²) in [5.41, 5.74) is 2.01. The van der Waals surface area contributed by atoms with Gasteiger partial charge in [0.25, 0.3) is 0 Å². The summed E-state index contributed by atoms with van der Waals surface area (Å²) in [5.74, 6) is 3.91. The molecule has 0 amide bonds. The summed E-state index contributed by atoms with van der Waals surface area (Å²) < 4.78 is 18.5. The molecule has 0 N–H and O–H groups in total. The van der Waals surface area contributed by atoms with Crippen LogP contribution in [0.5, 0.6) is 11.5 Å². The lowest BCUT2D eigenvalue weighted by Gasteiger charge is -2.17. The smallest absolute Gasteiger partial charge is 0.228 e. The Morgan fingerprint density at radius 1 is 1.09 bits per heavy atom. The Bertz CT molecular complexity index is 1200. The third kappa shape index (κ3) is 4.72. The number of furan rings is 1. The second kappa shape index (κ2) is 9.88. The molecule has 0 aliphatic carbocycles. The number of hydrogen-bond acceptors (Lipinski definition) is 9. The van der Waals surface area contributed by atoms with Crippen LogP contribution in [0.3, 0.4) is 0 Å². The van der Waals surface area contributed by atoms with Gasteiger partial charge < -0.3 is 18.8 Å². The van der Waals surface area contributed by atoms with E-state index in [2.05, 4.69) is 25.0 Å². The highest BCUT2D eigenvalue weighted by Crippen LogP contribution is 2.35. The minimum absolute atomic E-state index is 0.613. The average molecular weight is 484 g/mol. The standard InChI is InChI=1S/C23H25N5O3S2/c1-29-19-8-7-16(12-20(19)30-2)21-24-17(14-32-21)15-33-23-26-25-22(27-9-3-4-10-27)28(23)13-18-6-5-11-31-18/h5-8,11-12,14H,3-4,9-10,13,15H2,1-2H3. The van der Waals surface area contributed by atoms with Gasteiger partial charge in [0.05, 0.1) is 32.7 Å². The minimum atomic E-state index is 0.613. The molecule has 1 aliphatic rings. The maximum atomic E-state index is 5.60. The van der Waals surface area contributed by atoms with Gasteiger partial charge in [0, 0.05) is 29.8 Å². The fraction of sp³-hybridized carbons (Fsp3) is 0.348. The summed E-state index contributed by atoms with van der Waals surface area (Å²) in [4.78, 5) is 7.13. The summed E-state index contributed by atoms with van der Waals surface area (Å²) in [6, 6.07) is 9.75. The molecule has 33 heavy (non-hydrogen) atoms. The lowest BCUT2D eigenvalue weighted by atomic mass is 10.2. The van der Waals surface area contributed by atoms with Crippen molar-refractivity contribution < 1.29 is 13.9 Å². The van der Waals surface area contributed by atoms with E-state index in [0.717, 1.165) is 46.2 Å². The molecule has 5 rings (SSSR count). The van der Waals surface area contributed by atoms with Gasteiger partial charge in [0.1, 0.15) is 10.8 Å². The Morgan fingerprint density at radius 3 is 2.70 bits per heavy atom. The first-order chi connectivity index (χ1) is 16.2. The molecule has 0 unspecified atom stereocenters. The van der Waals surface area contributed by atoms with Crippen LogP contribution < -0.4 is 14.4 Å². The van der Waals surface area contributed by atoms with Gasteiger partial charge in [0.2, 0.25) is 5.95 Å². The number of benzene rings is 1. The van der Waals surface area contributed by atoms with Gasteiger partial charge in [-0.15, -0.1) is 21.5 Å². The van der Waals surface area contributed by atoms with Crippen molar-refractivity contribution in [3.8, 4) is 22.1 Å². The van der Waals surface area contributed by atoms with Gasteiger partial charge in [-0.05, 0) is 43.2 Å². The predicted octanol–water partition coefficient (Wildman–Crippen LogP) is 4.95.